The average molecular weight is 243 g/mol. The average Bonchev–Trinajstić information content (AvgIpc) is 2.86. The predicted octanol–water partition coefficient (Wildman–Crippen LogP) is 1.27. The molecule has 1 aliphatic carbocycles. The molecule has 6 heteroatoms. The molecule has 0 atom stereocenters. The van der Waals surface area contributed by atoms with Gasteiger partial charge in [-0.25, -0.2) is 13.1 Å². The molecule has 2 rings (SSSR count). The van der Waals surface area contributed by atoms with E-state index < -0.39 is 10.0 Å². The standard InChI is InChI=1S/C10H17N3O2S/c1-10(5-2-3-6-10)8-12-16(14,15)9-4-7-11-13-9/h4,7,12H,2-3,5-6,8H2,1H3,(H,11,13). The summed E-state index contributed by atoms with van der Waals surface area (Å²) in [4.78, 5) is 0. The molecule has 1 fully saturated rings. The van der Waals surface area contributed by atoms with Gasteiger partial charge in [0.1, 0.15) is 0 Å². The fourth-order valence-electron chi connectivity index (χ4n) is 2.15. The van der Waals surface area contributed by atoms with Crippen LogP contribution >= 0.6 is 0 Å². The maximum atomic E-state index is 11.8. The Labute approximate surface area is 95.7 Å². The lowest BCUT2D eigenvalue weighted by atomic mass is 9.89. The van der Waals surface area contributed by atoms with Gasteiger partial charge in [-0.1, -0.05) is 19.8 Å². The highest BCUT2D eigenvalue weighted by Crippen LogP contribution is 2.36. The van der Waals surface area contributed by atoms with Crippen molar-refractivity contribution < 1.29 is 8.42 Å². The molecule has 1 aromatic heterocycles. The molecular formula is C10H17N3O2S. The fourth-order valence-corrected chi connectivity index (χ4v) is 3.25. The Hall–Kier alpha value is -0.880. The Morgan fingerprint density at radius 2 is 2.19 bits per heavy atom. The molecule has 0 aliphatic heterocycles. The highest BCUT2D eigenvalue weighted by atomic mass is 32.2. The van der Waals surface area contributed by atoms with E-state index in [0.717, 1.165) is 12.8 Å². The number of rotatable bonds is 4. The van der Waals surface area contributed by atoms with Gasteiger partial charge in [-0.3, -0.25) is 5.10 Å². The molecule has 0 aromatic carbocycles. The minimum absolute atomic E-state index is 0.118. The minimum atomic E-state index is -3.41. The molecule has 0 bridgehead atoms. The van der Waals surface area contributed by atoms with E-state index in [1.54, 1.807) is 0 Å². The van der Waals surface area contributed by atoms with Crippen LogP contribution in [0.25, 0.3) is 0 Å². The van der Waals surface area contributed by atoms with E-state index in [1.807, 2.05) is 0 Å². The van der Waals surface area contributed by atoms with Gasteiger partial charge in [0, 0.05) is 6.54 Å². The third-order valence-electron chi connectivity index (χ3n) is 3.26. The van der Waals surface area contributed by atoms with Gasteiger partial charge in [-0.2, -0.15) is 5.10 Å². The number of nitrogens with one attached hydrogen (secondary N) is 2. The van der Waals surface area contributed by atoms with E-state index in [1.165, 1.54) is 25.1 Å². The Kier molecular flexibility index (Phi) is 3.03. The summed E-state index contributed by atoms with van der Waals surface area (Å²) in [5, 5.41) is 6.24. The van der Waals surface area contributed by atoms with E-state index >= 15 is 0 Å². The Morgan fingerprint density at radius 1 is 1.50 bits per heavy atom. The van der Waals surface area contributed by atoms with E-state index in [-0.39, 0.29) is 10.4 Å². The molecular weight excluding hydrogens is 226 g/mol. The number of hydrogen-bond acceptors (Lipinski definition) is 3. The van der Waals surface area contributed by atoms with Gasteiger partial charge in [0.05, 0.1) is 6.20 Å². The number of hydrogen-bond donors (Lipinski definition) is 2. The van der Waals surface area contributed by atoms with Crippen LogP contribution in [-0.2, 0) is 10.0 Å². The summed E-state index contributed by atoms with van der Waals surface area (Å²) >= 11 is 0. The normalized spacial score (nSPS) is 20.1. The van der Waals surface area contributed by atoms with Gasteiger partial charge in [-0.15, -0.1) is 0 Å². The van der Waals surface area contributed by atoms with Crippen molar-refractivity contribution in [3.8, 4) is 0 Å². The fraction of sp³-hybridized carbons (Fsp3) is 0.700. The first-order chi connectivity index (χ1) is 7.52. The molecule has 0 unspecified atom stereocenters. The second-order valence-electron chi connectivity index (χ2n) is 4.76. The van der Waals surface area contributed by atoms with Crippen molar-refractivity contribution in [2.24, 2.45) is 5.41 Å². The molecule has 90 valence electrons. The van der Waals surface area contributed by atoms with Crippen LogP contribution in [0, 0.1) is 5.41 Å². The van der Waals surface area contributed by atoms with Crippen molar-refractivity contribution in [3.05, 3.63) is 12.3 Å². The zero-order chi connectivity index (χ0) is 11.6. The summed E-state index contributed by atoms with van der Waals surface area (Å²) in [6.07, 6.45) is 6.02. The van der Waals surface area contributed by atoms with Crippen LogP contribution in [0.2, 0.25) is 0 Å². The molecule has 5 nitrogen and oxygen atoms in total. The first-order valence-corrected chi connectivity index (χ1v) is 6.99. The molecule has 1 aliphatic rings. The zero-order valence-corrected chi connectivity index (χ0v) is 10.2. The Balaban J connectivity index is 2.00. The van der Waals surface area contributed by atoms with E-state index in [2.05, 4.69) is 21.8 Å². The summed E-state index contributed by atoms with van der Waals surface area (Å²) in [5.74, 6) is 0. The quantitative estimate of drug-likeness (QED) is 0.836. The third-order valence-corrected chi connectivity index (χ3v) is 4.60. The number of aromatic nitrogens is 2. The van der Waals surface area contributed by atoms with Crippen LogP contribution in [-0.4, -0.2) is 25.2 Å². The van der Waals surface area contributed by atoms with Gasteiger partial charge in [0.2, 0.25) is 0 Å². The summed E-state index contributed by atoms with van der Waals surface area (Å²) in [6, 6.07) is 1.46. The molecule has 0 saturated heterocycles. The van der Waals surface area contributed by atoms with Crippen LogP contribution in [0.3, 0.4) is 0 Å². The highest BCUT2D eigenvalue weighted by molar-refractivity contribution is 7.89. The summed E-state index contributed by atoms with van der Waals surface area (Å²) in [6.45, 7) is 2.64. The SMILES string of the molecule is CC1(CNS(=O)(=O)c2ccn[nH]2)CCCC1. The molecule has 0 spiro atoms. The first kappa shape index (κ1) is 11.6. The molecule has 0 amide bonds. The predicted molar refractivity (Wildman–Crippen MR) is 60.4 cm³/mol. The lowest BCUT2D eigenvalue weighted by Gasteiger charge is -2.23. The number of H-pyrrole nitrogens is 1. The van der Waals surface area contributed by atoms with Crippen LogP contribution in [0.5, 0.6) is 0 Å². The first-order valence-electron chi connectivity index (χ1n) is 5.51. The second-order valence-corrected chi connectivity index (χ2v) is 6.50. The van der Waals surface area contributed by atoms with Gasteiger partial charge in [-0.05, 0) is 24.3 Å². The minimum Gasteiger partial charge on any atom is -0.266 e. The third kappa shape index (κ3) is 2.44. The van der Waals surface area contributed by atoms with Crippen LogP contribution in [0.15, 0.2) is 17.3 Å². The topological polar surface area (TPSA) is 74.8 Å². The van der Waals surface area contributed by atoms with Gasteiger partial charge < -0.3 is 0 Å². The van der Waals surface area contributed by atoms with Crippen molar-refractivity contribution in [1.29, 1.82) is 0 Å². The number of nitrogens with zero attached hydrogens (tertiary/aromatic N) is 1. The molecule has 1 aromatic rings. The molecule has 0 radical (unpaired) electrons. The number of sulfonamides is 1. The van der Waals surface area contributed by atoms with Crippen molar-refractivity contribution in [1.82, 2.24) is 14.9 Å². The van der Waals surface area contributed by atoms with Crippen molar-refractivity contribution in [3.63, 3.8) is 0 Å². The van der Waals surface area contributed by atoms with E-state index in [4.69, 9.17) is 0 Å². The lowest BCUT2D eigenvalue weighted by molar-refractivity contribution is 0.336. The maximum Gasteiger partial charge on any atom is 0.257 e. The molecule has 1 saturated carbocycles. The number of aromatic amines is 1. The molecule has 2 N–H and O–H groups in total. The zero-order valence-electron chi connectivity index (χ0n) is 9.36. The Bertz CT molecular complexity index is 433. The van der Waals surface area contributed by atoms with Crippen molar-refractivity contribution in [2.75, 3.05) is 6.54 Å². The smallest absolute Gasteiger partial charge is 0.257 e. The Morgan fingerprint density at radius 3 is 2.75 bits per heavy atom. The molecule has 1 heterocycles. The maximum absolute atomic E-state index is 11.8. The largest absolute Gasteiger partial charge is 0.266 e. The van der Waals surface area contributed by atoms with Gasteiger partial charge in [0.25, 0.3) is 10.0 Å². The van der Waals surface area contributed by atoms with Crippen LogP contribution in [0.1, 0.15) is 32.6 Å². The van der Waals surface area contributed by atoms with Crippen molar-refractivity contribution in [2.45, 2.75) is 37.6 Å². The monoisotopic (exact) mass is 243 g/mol. The highest BCUT2D eigenvalue weighted by Gasteiger charge is 2.30. The lowest BCUT2D eigenvalue weighted by Crippen LogP contribution is -2.34. The van der Waals surface area contributed by atoms with E-state index in [0.29, 0.717) is 6.54 Å². The second kappa shape index (κ2) is 4.18. The summed E-state index contributed by atoms with van der Waals surface area (Å²) in [7, 11) is -3.41. The van der Waals surface area contributed by atoms with E-state index in [9.17, 15) is 8.42 Å². The van der Waals surface area contributed by atoms with Crippen LogP contribution < -0.4 is 4.72 Å². The van der Waals surface area contributed by atoms with Gasteiger partial charge >= 0.3 is 0 Å². The van der Waals surface area contributed by atoms with Gasteiger partial charge in [0.15, 0.2) is 5.03 Å². The van der Waals surface area contributed by atoms with Crippen molar-refractivity contribution >= 4 is 10.0 Å². The summed E-state index contributed by atoms with van der Waals surface area (Å²) in [5.41, 5.74) is 0.118. The summed E-state index contributed by atoms with van der Waals surface area (Å²) < 4.78 is 26.3. The van der Waals surface area contributed by atoms with Crippen LogP contribution in [0.4, 0.5) is 0 Å². The molecule has 16 heavy (non-hydrogen) atoms.